The van der Waals surface area contributed by atoms with E-state index in [0.29, 0.717) is 50.1 Å². The van der Waals surface area contributed by atoms with E-state index >= 15 is 0 Å². The smallest absolute Gasteiger partial charge is 0.371 e. The van der Waals surface area contributed by atoms with Crippen LogP contribution in [-0.2, 0) is 11.0 Å². The number of nitrogens with zero attached hydrogens (tertiary/aromatic N) is 4. The van der Waals surface area contributed by atoms with Crippen LogP contribution in [0.4, 0.5) is 18.9 Å². The molecule has 1 unspecified atom stereocenters. The molecule has 2 aliphatic heterocycles. The lowest BCUT2D eigenvalue weighted by molar-refractivity contribution is -0.137. The molecule has 2 heterocycles. The maximum atomic E-state index is 13.4. The van der Waals surface area contributed by atoms with Gasteiger partial charge >= 0.3 is 6.18 Å². The van der Waals surface area contributed by atoms with Crippen molar-refractivity contribution in [3.63, 3.8) is 0 Å². The van der Waals surface area contributed by atoms with Crippen LogP contribution in [-0.4, -0.2) is 61.4 Å². The van der Waals surface area contributed by atoms with E-state index in [0.717, 1.165) is 11.6 Å². The lowest BCUT2D eigenvalue weighted by Gasteiger charge is -2.40. The summed E-state index contributed by atoms with van der Waals surface area (Å²) in [6.45, 7) is 3.37. The van der Waals surface area contributed by atoms with Gasteiger partial charge in [-0.15, -0.1) is 0 Å². The molecule has 2 fully saturated rings. The van der Waals surface area contributed by atoms with Crippen molar-refractivity contribution in [2.24, 2.45) is 5.41 Å². The molecule has 0 bridgehead atoms. The first-order valence-corrected chi connectivity index (χ1v) is 11.9. The lowest BCUT2D eigenvalue weighted by atomic mass is 9.76. The Morgan fingerprint density at radius 3 is 2.28 bits per heavy atom. The average Bonchev–Trinajstić information content (AvgIpc) is 3.22. The summed E-state index contributed by atoms with van der Waals surface area (Å²) in [7, 11) is 3.35. The Morgan fingerprint density at radius 2 is 1.72 bits per heavy atom. The summed E-state index contributed by atoms with van der Waals surface area (Å²) in [6.07, 6.45) is -2.80. The maximum Gasteiger partial charge on any atom is 0.417 e. The summed E-state index contributed by atoms with van der Waals surface area (Å²) in [5, 5.41) is 9.07. The van der Waals surface area contributed by atoms with E-state index in [2.05, 4.69) is 0 Å². The maximum absolute atomic E-state index is 13.4. The Kier molecular flexibility index (Phi) is 6.74. The highest BCUT2D eigenvalue weighted by Gasteiger charge is 2.50. The normalized spacial score (nSPS) is 19.3. The van der Waals surface area contributed by atoms with Gasteiger partial charge in [0.2, 0.25) is 5.91 Å². The molecule has 2 amide bonds. The molecule has 2 aromatic carbocycles. The minimum atomic E-state index is -4.61. The number of rotatable bonds is 3. The average molecular weight is 499 g/mol. The summed E-state index contributed by atoms with van der Waals surface area (Å²) in [4.78, 5) is 31.5. The second-order valence-corrected chi connectivity index (χ2v) is 10.1. The Labute approximate surface area is 208 Å². The van der Waals surface area contributed by atoms with E-state index in [1.54, 1.807) is 43.3 Å². The highest BCUT2D eigenvalue weighted by Crippen LogP contribution is 2.45. The fourth-order valence-corrected chi connectivity index (χ4v) is 5.31. The Morgan fingerprint density at radius 1 is 1.08 bits per heavy atom. The summed E-state index contributed by atoms with van der Waals surface area (Å²) >= 11 is 0. The van der Waals surface area contributed by atoms with E-state index in [9.17, 15) is 22.8 Å². The van der Waals surface area contributed by atoms with Crippen LogP contribution < -0.4 is 4.90 Å². The number of alkyl halides is 3. The van der Waals surface area contributed by atoms with Gasteiger partial charge in [0.1, 0.15) is 6.04 Å². The molecule has 4 rings (SSSR count). The van der Waals surface area contributed by atoms with Crippen molar-refractivity contribution in [1.82, 2.24) is 9.80 Å². The molecule has 190 valence electrons. The number of anilines is 1. The standard InChI is InChI=1S/C27H29F3N4O2/c1-18-4-6-19(7-5-18)24(35)34-17-26(15-23(34)25(36)32(2)3)10-12-33(13-11-26)21-9-8-20(16-31)22(14-21)27(28,29)30/h4-9,14,23H,10-13,15,17H2,1-3H3. The van der Waals surface area contributed by atoms with Crippen molar-refractivity contribution < 1.29 is 22.8 Å². The van der Waals surface area contributed by atoms with Crippen molar-refractivity contribution in [2.75, 3.05) is 38.6 Å². The molecule has 6 nitrogen and oxygen atoms in total. The Hall–Kier alpha value is -3.54. The van der Waals surface area contributed by atoms with Crippen molar-refractivity contribution in [1.29, 1.82) is 5.26 Å². The van der Waals surface area contributed by atoms with Crippen LogP contribution in [0.25, 0.3) is 0 Å². The number of hydrogen-bond donors (Lipinski definition) is 0. The molecule has 0 saturated carbocycles. The molecular weight excluding hydrogens is 469 g/mol. The number of likely N-dealkylation sites (tertiary alicyclic amines) is 1. The van der Waals surface area contributed by atoms with Gasteiger partial charge < -0.3 is 14.7 Å². The van der Waals surface area contributed by atoms with Gasteiger partial charge in [-0.2, -0.15) is 18.4 Å². The number of amides is 2. The van der Waals surface area contributed by atoms with Gasteiger partial charge in [0.25, 0.3) is 5.91 Å². The molecule has 2 aliphatic rings. The lowest BCUT2D eigenvalue weighted by Crippen LogP contribution is -2.45. The van der Waals surface area contributed by atoms with E-state index in [-0.39, 0.29) is 17.2 Å². The van der Waals surface area contributed by atoms with Crippen molar-refractivity contribution in [3.8, 4) is 6.07 Å². The molecule has 1 atom stereocenters. The fraction of sp³-hybridized carbons (Fsp3) is 0.444. The number of likely N-dealkylation sites (N-methyl/N-ethyl adjacent to an activating group) is 1. The number of aryl methyl sites for hydroxylation is 1. The number of carbonyl (C=O) groups excluding carboxylic acids is 2. The quantitative estimate of drug-likeness (QED) is 0.626. The predicted octanol–water partition coefficient (Wildman–Crippen LogP) is 4.48. The van der Waals surface area contributed by atoms with Crippen LogP contribution in [0.3, 0.4) is 0 Å². The van der Waals surface area contributed by atoms with Crippen LogP contribution in [0.15, 0.2) is 42.5 Å². The van der Waals surface area contributed by atoms with Gasteiger partial charge in [-0.05, 0) is 61.9 Å². The molecule has 0 N–H and O–H groups in total. The van der Waals surface area contributed by atoms with E-state index in [1.807, 2.05) is 24.0 Å². The highest BCUT2D eigenvalue weighted by atomic mass is 19.4. The van der Waals surface area contributed by atoms with Crippen molar-refractivity contribution in [3.05, 3.63) is 64.7 Å². The van der Waals surface area contributed by atoms with Crippen LogP contribution >= 0.6 is 0 Å². The van der Waals surface area contributed by atoms with Gasteiger partial charge in [-0.3, -0.25) is 9.59 Å². The van der Waals surface area contributed by atoms with Gasteiger partial charge in [-0.25, -0.2) is 0 Å². The van der Waals surface area contributed by atoms with Crippen LogP contribution in [0.1, 0.15) is 46.3 Å². The number of piperidine rings is 1. The monoisotopic (exact) mass is 498 g/mol. The molecule has 9 heteroatoms. The minimum absolute atomic E-state index is 0.128. The number of hydrogen-bond acceptors (Lipinski definition) is 4. The van der Waals surface area contributed by atoms with Crippen LogP contribution in [0.5, 0.6) is 0 Å². The van der Waals surface area contributed by atoms with E-state index in [1.165, 1.54) is 11.0 Å². The number of nitriles is 1. The van der Waals surface area contributed by atoms with Gasteiger partial charge in [0.05, 0.1) is 17.2 Å². The first-order chi connectivity index (χ1) is 16.9. The zero-order valence-electron chi connectivity index (χ0n) is 20.6. The zero-order valence-corrected chi connectivity index (χ0v) is 20.6. The first-order valence-electron chi connectivity index (χ1n) is 11.9. The van der Waals surface area contributed by atoms with E-state index in [4.69, 9.17) is 5.26 Å². The summed E-state index contributed by atoms with van der Waals surface area (Å²) in [6, 6.07) is 12.1. The molecular formula is C27H29F3N4O2. The zero-order chi connectivity index (χ0) is 26.3. The minimum Gasteiger partial charge on any atom is -0.371 e. The number of halogens is 3. The fourth-order valence-electron chi connectivity index (χ4n) is 5.31. The third-order valence-corrected chi connectivity index (χ3v) is 7.41. The first kappa shape index (κ1) is 25.5. The summed E-state index contributed by atoms with van der Waals surface area (Å²) in [5.74, 6) is -0.312. The molecule has 0 aromatic heterocycles. The highest BCUT2D eigenvalue weighted by molar-refractivity contribution is 5.98. The molecule has 0 radical (unpaired) electrons. The molecule has 36 heavy (non-hydrogen) atoms. The Bertz CT molecular complexity index is 1190. The van der Waals surface area contributed by atoms with Crippen LogP contribution in [0.2, 0.25) is 0 Å². The Balaban J connectivity index is 1.55. The molecule has 1 spiro atoms. The predicted molar refractivity (Wildman–Crippen MR) is 129 cm³/mol. The second kappa shape index (κ2) is 9.49. The van der Waals surface area contributed by atoms with E-state index < -0.39 is 23.3 Å². The summed E-state index contributed by atoms with van der Waals surface area (Å²) < 4.78 is 40.3. The van der Waals surface area contributed by atoms with Crippen molar-refractivity contribution >= 4 is 17.5 Å². The number of carbonyl (C=O) groups is 2. The molecule has 2 saturated heterocycles. The largest absolute Gasteiger partial charge is 0.417 e. The van der Waals surface area contributed by atoms with Gasteiger partial charge in [-0.1, -0.05) is 17.7 Å². The second-order valence-electron chi connectivity index (χ2n) is 10.1. The van der Waals surface area contributed by atoms with Crippen molar-refractivity contribution in [2.45, 2.75) is 38.4 Å². The van der Waals surface area contributed by atoms with Gasteiger partial charge in [0, 0.05) is 45.0 Å². The van der Waals surface area contributed by atoms with Gasteiger partial charge in [0.15, 0.2) is 0 Å². The molecule has 2 aromatic rings. The third-order valence-electron chi connectivity index (χ3n) is 7.41. The summed E-state index contributed by atoms with van der Waals surface area (Å²) in [5.41, 5.74) is 0.369. The number of benzene rings is 2. The molecule has 0 aliphatic carbocycles. The third kappa shape index (κ3) is 4.90. The SMILES string of the molecule is Cc1ccc(C(=O)N2CC3(CCN(c4ccc(C#N)c(C(F)(F)F)c4)CC3)CC2C(=O)N(C)C)cc1. The van der Waals surface area contributed by atoms with Crippen LogP contribution in [0, 0.1) is 23.7 Å². The topological polar surface area (TPSA) is 67.6 Å².